The van der Waals surface area contributed by atoms with Gasteiger partial charge >= 0.3 is 0 Å². The molecule has 1 amide bonds. The van der Waals surface area contributed by atoms with E-state index in [0.29, 0.717) is 11.8 Å². The van der Waals surface area contributed by atoms with Crippen LogP contribution in [0.15, 0.2) is 18.5 Å². The Morgan fingerprint density at radius 3 is 2.52 bits per heavy atom. The van der Waals surface area contributed by atoms with Crippen LogP contribution in [0, 0.1) is 5.92 Å². The Kier molecular flexibility index (Phi) is 3.08. The van der Waals surface area contributed by atoms with Crippen molar-refractivity contribution in [1.82, 2.24) is 14.9 Å². The number of carbonyl (C=O) groups is 1. The zero-order valence-electron chi connectivity index (χ0n) is 12.4. The van der Waals surface area contributed by atoms with Gasteiger partial charge in [0.2, 0.25) is 11.9 Å². The first kappa shape index (κ1) is 13.0. The van der Waals surface area contributed by atoms with Crippen LogP contribution < -0.4 is 4.90 Å². The van der Waals surface area contributed by atoms with Crippen LogP contribution in [-0.4, -0.2) is 45.9 Å². The summed E-state index contributed by atoms with van der Waals surface area (Å²) in [5.41, 5.74) is 0.107. The van der Waals surface area contributed by atoms with Gasteiger partial charge in [-0.3, -0.25) is 4.79 Å². The molecular formula is C16H22N4O. The molecule has 1 aromatic heterocycles. The second-order valence-corrected chi connectivity index (χ2v) is 6.67. The fourth-order valence-corrected chi connectivity index (χ4v) is 4.18. The molecular weight excluding hydrogens is 264 g/mol. The number of aromatic nitrogens is 2. The number of anilines is 1. The van der Waals surface area contributed by atoms with E-state index in [9.17, 15) is 4.79 Å². The van der Waals surface area contributed by atoms with Crippen molar-refractivity contribution in [2.24, 2.45) is 5.92 Å². The van der Waals surface area contributed by atoms with Crippen molar-refractivity contribution >= 4 is 11.9 Å². The predicted octanol–water partition coefficient (Wildman–Crippen LogP) is 1.85. The highest BCUT2D eigenvalue weighted by atomic mass is 16.2. The zero-order chi connectivity index (χ0) is 14.3. The maximum atomic E-state index is 12.6. The minimum atomic E-state index is 0.107. The van der Waals surface area contributed by atoms with Crippen molar-refractivity contribution in [2.75, 3.05) is 24.5 Å². The van der Waals surface area contributed by atoms with Crippen LogP contribution in [0.2, 0.25) is 0 Å². The van der Waals surface area contributed by atoms with Crippen molar-refractivity contribution in [3.63, 3.8) is 0 Å². The second-order valence-electron chi connectivity index (χ2n) is 6.67. The average Bonchev–Trinajstić information content (AvgIpc) is 3.17. The Labute approximate surface area is 125 Å². The predicted molar refractivity (Wildman–Crippen MR) is 79.9 cm³/mol. The summed E-state index contributed by atoms with van der Waals surface area (Å²) < 4.78 is 0. The summed E-state index contributed by atoms with van der Waals surface area (Å²) in [4.78, 5) is 25.8. The zero-order valence-corrected chi connectivity index (χ0v) is 12.4. The summed E-state index contributed by atoms with van der Waals surface area (Å²) in [6.45, 7) is 2.77. The molecule has 0 N–H and O–H groups in total. The number of nitrogens with zero attached hydrogens (tertiary/aromatic N) is 4. The summed E-state index contributed by atoms with van der Waals surface area (Å²) in [5.74, 6) is 1.51. The number of hydrogen-bond donors (Lipinski definition) is 0. The lowest BCUT2D eigenvalue weighted by molar-refractivity contribution is -0.134. The molecule has 2 aliphatic heterocycles. The Morgan fingerprint density at radius 1 is 1.14 bits per heavy atom. The van der Waals surface area contributed by atoms with Gasteiger partial charge in [-0.05, 0) is 31.7 Å². The maximum absolute atomic E-state index is 12.6. The normalized spacial score (nSPS) is 29.1. The van der Waals surface area contributed by atoms with Crippen LogP contribution >= 0.6 is 0 Å². The molecule has 2 saturated heterocycles. The molecule has 5 heteroatoms. The summed E-state index contributed by atoms with van der Waals surface area (Å²) in [5, 5.41) is 0. The number of amides is 1. The van der Waals surface area contributed by atoms with Gasteiger partial charge in [-0.2, -0.15) is 0 Å². The molecule has 0 aromatic carbocycles. The topological polar surface area (TPSA) is 49.3 Å². The number of hydrogen-bond acceptors (Lipinski definition) is 4. The van der Waals surface area contributed by atoms with E-state index < -0.39 is 0 Å². The fourth-order valence-electron chi connectivity index (χ4n) is 4.18. The van der Waals surface area contributed by atoms with Crippen molar-refractivity contribution < 1.29 is 4.79 Å². The molecule has 3 aliphatic rings. The van der Waals surface area contributed by atoms with Crippen molar-refractivity contribution in [3.8, 4) is 0 Å². The molecule has 1 atom stereocenters. The van der Waals surface area contributed by atoms with Gasteiger partial charge in [0, 0.05) is 37.9 Å². The van der Waals surface area contributed by atoms with Crippen LogP contribution in [0.25, 0.3) is 0 Å². The van der Waals surface area contributed by atoms with Gasteiger partial charge in [0.15, 0.2) is 0 Å². The highest BCUT2D eigenvalue weighted by Gasteiger charge is 2.51. The first-order chi connectivity index (χ1) is 10.3. The number of carbonyl (C=O) groups excluding carboxylic acids is 1. The first-order valence-corrected chi connectivity index (χ1v) is 8.12. The maximum Gasteiger partial charge on any atom is 0.225 e. The van der Waals surface area contributed by atoms with Crippen LogP contribution in [0.5, 0.6) is 0 Å². The van der Waals surface area contributed by atoms with Crippen molar-refractivity contribution in [3.05, 3.63) is 18.5 Å². The molecule has 1 aromatic rings. The molecule has 5 nitrogen and oxygen atoms in total. The van der Waals surface area contributed by atoms with E-state index in [2.05, 4.69) is 19.8 Å². The molecule has 3 heterocycles. The van der Waals surface area contributed by atoms with Crippen molar-refractivity contribution in [1.29, 1.82) is 0 Å². The van der Waals surface area contributed by atoms with E-state index >= 15 is 0 Å². The second kappa shape index (κ2) is 4.97. The highest BCUT2D eigenvalue weighted by molar-refractivity contribution is 5.79. The molecule has 4 rings (SSSR count). The number of rotatable bonds is 2. The van der Waals surface area contributed by atoms with E-state index in [1.807, 2.05) is 6.07 Å². The van der Waals surface area contributed by atoms with E-state index in [4.69, 9.17) is 0 Å². The molecule has 1 aliphatic carbocycles. The van der Waals surface area contributed by atoms with Crippen LogP contribution in [0.1, 0.15) is 38.5 Å². The SMILES string of the molecule is O=C(C1CCCC1)N1CCC2(CCN2c2ncccn2)C1. The van der Waals surface area contributed by atoms with Gasteiger partial charge in [0.1, 0.15) is 0 Å². The largest absolute Gasteiger partial charge is 0.340 e. The van der Waals surface area contributed by atoms with Gasteiger partial charge in [-0.25, -0.2) is 9.97 Å². The summed E-state index contributed by atoms with van der Waals surface area (Å²) in [7, 11) is 0. The van der Waals surface area contributed by atoms with E-state index in [1.165, 1.54) is 12.8 Å². The van der Waals surface area contributed by atoms with Crippen LogP contribution in [0.4, 0.5) is 5.95 Å². The number of likely N-dealkylation sites (tertiary alicyclic amines) is 1. The molecule has 1 unspecified atom stereocenters. The summed E-state index contributed by atoms with van der Waals surface area (Å²) in [6, 6.07) is 1.85. The Hall–Kier alpha value is -1.65. The molecule has 112 valence electrons. The molecule has 0 bridgehead atoms. The highest BCUT2D eigenvalue weighted by Crippen LogP contribution is 2.41. The molecule has 1 spiro atoms. The molecule has 0 radical (unpaired) electrons. The quantitative estimate of drug-likeness (QED) is 0.832. The van der Waals surface area contributed by atoms with E-state index in [0.717, 1.165) is 51.3 Å². The van der Waals surface area contributed by atoms with Gasteiger partial charge in [-0.15, -0.1) is 0 Å². The lowest BCUT2D eigenvalue weighted by Crippen LogP contribution is -2.62. The minimum absolute atomic E-state index is 0.107. The Morgan fingerprint density at radius 2 is 1.86 bits per heavy atom. The Bertz CT molecular complexity index is 528. The monoisotopic (exact) mass is 286 g/mol. The van der Waals surface area contributed by atoms with E-state index in [-0.39, 0.29) is 5.54 Å². The molecule has 3 fully saturated rings. The van der Waals surface area contributed by atoms with Crippen LogP contribution in [-0.2, 0) is 4.79 Å². The van der Waals surface area contributed by atoms with E-state index in [1.54, 1.807) is 12.4 Å². The molecule has 21 heavy (non-hydrogen) atoms. The lowest BCUT2D eigenvalue weighted by atomic mass is 9.84. The summed E-state index contributed by atoms with van der Waals surface area (Å²) >= 11 is 0. The fraction of sp³-hybridized carbons (Fsp3) is 0.688. The third kappa shape index (κ3) is 2.10. The first-order valence-electron chi connectivity index (χ1n) is 8.12. The summed E-state index contributed by atoms with van der Waals surface area (Å²) in [6.07, 6.45) is 10.4. The third-order valence-corrected chi connectivity index (χ3v) is 5.52. The Balaban J connectivity index is 1.47. The van der Waals surface area contributed by atoms with Gasteiger partial charge < -0.3 is 9.80 Å². The molecule has 1 saturated carbocycles. The van der Waals surface area contributed by atoms with Crippen molar-refractivity contribution in [2.45, 2.75) is 44.1 Å². The van der Waals surface area contributed by atoms with Gasteiger partial charge in [0.05, 0.1) is 5.54 Å². The smallest absolute Gasteiger partial charge is 0.225 e. The van der Waals surface area contributed by atoms with Gasteiger partial charge in [0.25, 0.3) is 0 Å². The van der Waals surface area contributed by atoms with Crippen LogP contribution in [0.3, 0.4) is 0 Å². The van der Waals surface area contributed by atoms with Gasteiger partial charge in [-0.1, -0.05) is 12.8 Å². The standard InChI is InChI=1S/C16H22N4O/c21-14(13-4-1-2-5-13)19-10-6-16(12-19)7-11-20(16)15-17-8-3-9-18-15/h3,8-9,13H,1-2,4-7,10-12H2. The minimum Gasteiger partial charge on any atom is -0.340 e. The average molecular weight is 286 g/mol. The third-order valence-electron chi connectivity index (χ3n) is 5.52. The lowest BCUT2D eigenvalue weighted by Gasteiger charge is -2.50.